The number of hydrogen-bond donors (Lipinski definition) is 1. The van der Waals surface area contributed by atoms with Crippen LogP contribution in [0, 0.1) is 0 Å². The van der Waals surface area contributed by atoms with E-state index >= 15 is 0 Å². The van der Waals surface area contributed by atoms with Gasteiger partial charge in [-0.1, -0.05) is 11.6 Å². The van der Waals surface area contributed by atoms with Gasteiger partial charge in [0.2, 0.25) is 0 Å². The summed E-state index contributed by atoms with van der Waals surface area (Å²) in [5, 5.41) is 0.614. The Bertz CT molecular complexity index is 493. The monoisotopic (exact) mass is 295 g/mol. The molecule has 20 heavy (non-hydrogen) atoms. The predicted molar refractivity (Wildman–Crippen MR) is 80.6 cm³/mol. The van der Waals surface area contributed by atoms with Gasteiger partial charge in [-0.25, -0.2) is 0 Å². The highest BCUT2D eigenvalue weighted by atomic mass is 35.5. The average Bonchev–Trinajstić information content (AvgIpc) is 2.91. The molecular weight excluding hydrogens is 274 g/mol. The summed E-state index contributed by atoms with van der Waals surface area (Å²) in [6.45, 7) is 0. The van der Waals surface area contributed by atoms with Crippen LogP contribution in [-0.4, -0.2) is 13.2 Å². The van der Waals surface area contributed by atoms with Crippen molar-refractivity contribution in [2.24, 2.45) is 5.73 Å². The Kier molecular flexibility index (Phi) is 3.83. The maximum atomic E-state index is 6.42. The van der Waals surface area contributed by atoms with Crippen LogP contribution in [0.2, 0.25) is 5.02 Å². The standard InChI is InChI=1S/C16H22ClNO2/c1-19-14-10-11(16(18)7-4-8-16)9-13(17)15(14)20-12-5-2-3-6-12/h9-10,12H,2-8,18H2,1H3. The summed E-state index contributed by atoms with van der Waals surface area (Å²) in [7, 11) is 1.65. The molecule has 2 aliphatic rings. The van der Waals surface area contributed by atoms with Crippen molar-refractivity contribution >= 4 is 11.6 Å². The largest absolute Gasteiger partial charge is 0.493 e. The Hall–Kier alpha value is -0.930. The molecule has 0 bridgehead atoms. The molecule has 0 radical (unpaired) electrons. The number of nitrogens with two attached hydrogens (primary N) is 1. The quantitative estimate of drug-likeness (QED) is 0.913. The van der Waals surface area contributed by atoms with Gasteiger partial charge in [-0.05, 0) is 62.6 Å². The van der Waals surface area contributed by atoms with Gasteiger partial charge in [0, 0.05) is 5.54 Å². The smallest absolute Gasteiger partial charge is 0.180 e. The minimum absolute atomic E-state index is 0.233. The van der Waals surface area contributed by atoms with E-state index in [1.54, 1.807) is 7.11 Å². The first-order valence-electron chi connectivity index (χ1n) is 7.46. The highest BCUT2D eigenvalue weighted by Gasteiger charge is 2.35. The van der Waals surface area contributed by atoms with Crippen LogP contribution in [-0.2, 0) is 5.54 Å². The van der Waals surface area contributed by atoms with E-state index in [1.807, 2.05) is 12.1 Å². The van der Waals surface area contributed by atoms with Crippen LogP contribution < -0.4 is 15.2 Å². The van der Waals surface area contributed by atoms with Gasteiger partial charge in [-0.15, -0.1) is 0 Å². The van der Waals surface area contributed by atoms with E-state index in [4.69, 9.17) is 26.8 Å². The van der Waals surface area contributed by atoms with Gasteiger partial charge in [0.15, 0.2) is 11.5 Å². The van der Waals surface area contributed by atoms with Crippen molar-refractivity contribution < 1.29 is 9.47 Å². The van der Waals surface area contributed by atoms with Crippen LogP contribution in [0.15, 0.2) is 12.1 Å². The van der Waals surface area contributed by atoms with Crippen molar-refractivity contribution in [1.29, 1.82) is 0 Å². The van der Waals surface area contributed by atoms with E-state index in [1.165, 1.54) is 19.3 Å². The van der Waals surface area contributed by atoms with Crippen molar-refractivity contribution in [1.82, 2.24) is 0 Å². The van der Waals surface area contributed by atoms with Gasteiger partial charge in [0.1, 0.15) is 0 Å². The van der Waals surface area contributed by atoms with Gasteiger partial charge in [-0.3, -0.25) is 0 Å². The molecule has 3 nitrogen and oxygen atoms in total. The topological polar surface area (TPSA) is 44.5 Å². The highest BCUT2D eigenvalue weighted by Crippen LogP contribution is 2.45. The SMILES string of the molecule is COc1cc(C2(N)CCC2)cc(Cl)c1OC1CCCC1. The molecule has 0 heterocycles. The van der Waals surface area contributed by atoms with Crippen molar-refractivity contribution in [3.8, 4) is 11.5 Å². The van der Waals surface area contributed by atoms with Crippen LogP contribution in [0.25, 0.3) is 0 Å². The summed E-state index contributed by atoms with van der Waals surface area (Å²) >= 11 is 6.42. The number of ether oxygens (including phenoxy) is 2. The molecule has 0 aromatic heterocycles. The van der Waals surface area contributed by atoms with E-state index < -0.39 is 0 Å². The van der Waals surface area contributed by atoms with Gasteiger partial charge in [0.05, 0.1) is 18.2 Å². The molecule has 0 spiro atoms. The molecule has 0 unspecified atom stereocenters. The minimum atomic E-state index is -0.233. The lowest BCUT2D eigenvalue weighted by atomic mass is 9.73. The third kappa shape index (κ3) is 2.49. The minimum Gasteiger partial charge on any atom is -0.493 e. The molecule has 110 valence electrons. The summed E-state index contributed by atoms with van der Waals surface area (Å²) in [5.74, 6) is 1.38. The van der Waals surface area contributed by atoms with Crippen LogP contribution >= 0.6 is 11.6 Å². The summed E-state index contributed by atoms with van der Waals surface area (Å²) in [6, 6.07) is 3.95. The fourth-order valence-electron chi connectivity index (χ4n) is 3.14. The lowest BCUT2D eigenvalue weighted by Crippen LogP contribution is -2.43. The van der Waals surface area contributed by atoms with Crippen LogP contribution in [0.4, 0.5) is 0 Å². The first kappa shape index (κ1) is 14.0. The Morgan fingerprint density at radius 1 is 1.20 bits per heavy atom. The summed E-state index contributed by atoms with van der Waals surface area (Å²) in [6.07, 6.45) is 8.12. The lowest BCUT2D eigenvalue weighted by molar-refractivity contribution is 0.200. The fraction of sp³-hybridized carbons (Fsp3) is 0.625. The zero-order valence-electron chi connectivity index (χ0n) is 12.0. The van der Waals surface area contributed by atoms with Crippen molar-refractivity contribution in [3.05, 3.63) is 22.7 Å². The molecule has 2 aliphatic carbocycles. The molecule has 3 rings (SSSR count). The molecule has 2 N–H and O–H groups in total. The maximum Gasteiger partial charge on any atom is 0.180 e. The molecule has 0 atom stereocenters. The van der Waals surface area contributed by atoms with Crippen LogP contribution in [0.3, 0.4) is 0 Å². The van der Waals surface area contributed by atoms with Crippen molar-refractivity contribution in [3.63, 3.8) is 0 Å². The highest BCUT2D eigenvalue weighted by molar-refractivity contribution is 6.32. The van der Waals surface area contributed by atoms with Crippen molar-refractivity contribution in [2.45, 2.75) is 56.6 Å². The number of methoxy groups -OCH3 is 1. The van der Waals surface area contributed by atoms with Crippen LogP contribution in [0.1, 0.15) is 50.5 Å². The van der Waals surface area contributed by atoms with Gasteiger partial charge in [-0.2, -0.15) is 0 Å². The molecular formula is C16H22ClNO2. The second-order valence-electron chi connectivity index (χ2n) is 6.02. The predicted octanol–water partition coefficient (Wildman–Crippen LogP) is 4.01. The Morgan fingerprint density at radius 3 is 2.45 bits per heavy atom. The summed E-state index contributed by atoms with van der Waals surface area (Å²) in [5.41, 5.74) is 7.20. The molecule has 0 amide bonds. The Labute approximate surface area is 125 Å². The van der Waals surface area contributed by atoms with Gasteiger partial charge in [0.25, 0.3) is 0 Å². The van der Waals surface area contributed by atoms with E-state index in [9.17, 15) is 0 Å². The third-order valence-corrected chi connectivity index (χ3v) is 4.92. The van der Waals surface area contributed by atoms with E-state index in [2.05, 4.69) is 0 Å². The number of rotatable bonds is 4. The van der Waals surface area contributed by atoms with E-state index in [-0.39, 0.29) is 11.6 Å². The van der Waals surface area contributed by atoms with E-state index in [0.29, 0.717) is 16.5 Å². The lowest BCUT2D eigenvalue weighted by Gasteiger charge is -2.39. The molecule has 0 aliphatic heterocycles. The maximum absolute atomic E-state index is 6.42. The second-order valence-corrected chi connectivity index (χ2v) is 6.43. The van der Waals surface area contributed by atoms with Crippen molar-refractivity contribution in [2.75, 3.05) is 7.11 Å². The van der Waals surface area contributed by atoms with Gasteiger partial charge < -0.3 is 15.2 Å². The molecule has 1 aromatic rings. The van der Waals surface area contributed by atoms with Gasteiger partial charge >= 0.3 is 0 Å². The fourth-order valence-corrected chi connectivity index (χ4v) is 3.40. The Balaban J connectivity index is 1.89. The molecule has 0 saturated heterocycles. The first-order chi connectivity index (χ1) is 9.62. The number of benzene rings is 1. The molecule has 4 heteroatoms. The summed E-state index contributed by atoms with van der Waals surface area (Å²) < 4.78 is 11.5. The Morgan fingerprint density at radius 2 is 1.90 bits per heavy atom. The zero-order chi connectivity index (χ0) is 14.2. The molecule has 1 aromatic carbocycles. The second kappa shape index (κ2) is 5.45. The number of halogens is 1. The summed E-state index contributed by atoms with van der Waals surface area (Å²) in [4.78, 5) is 0. The normalized spacial score (nSPS) is 21.6. The zero-order valence-corrected chi connectivity index (χ0v) is 12.7. The average molecular weight is 296 g/mol. The number of hydrogen-bond acceptors (Lipinski definition) is 3. The third-order valence-electron chi connectivity index (χ3n) is 4.64. The van der Waals surface area contributed by atoms with E-state index in [0.717, 1.165) is 31.2 Å². The van der Waals surface area contributed by atoms with Crippen LogP contribution in [0.5, 0.6) is 11.5 Å². The molecule has 2 saturated carbocycles. The molecule has 2 fully saturated rings. The first-order valence-corrected chi connectivity index (χ1v) is 7.84.